The maximum atomic E-state index is 12.3. The molecular formula is C12H20N2OS. The third-order valence-electron chi connectivity index (χ3n) is 3.83. The third-order valence-corrected chi connectivity index (χ3v) is 4.98. The molecule has 1 aliphatic carbocycles. The van der Waals surface area contributed by atoms with E-state index < -0.39 is 0 Å². The number of rotatable bonds is 3. The summed E-state index contributed by atoms with van der Waals surface area (Å²) < 4.78 is 0. The number of nitrogens with one attached hydrogen (secondary N) is 1. The van der Waals surface area contributed by atoms with Crippen molar-refractivity contribution in [1.82, 2.24) is 10.2 Å². The van der Waals surface area contributed by atoms with Crippen molar-refractivity contribution in [3.05, 3.63) is 0 Å². The zero-order valence-corrected chi connectivity index (χ0v) is 10.5. The number of likely N-dealkylation sites (tertiary alicyclic amines) is 1. The van der Waals surface area contributed by atoms with E-state index >= 15 is 0 Å². The van der Waals surface area contributed by atoms with Crippen molar-refractivity contribution in [2.24, 2.45) is 0 Å². The standard InChI is InChI=1S/C12H20N2OS/c15-12-11(13-9-3-4-9)2-1-6-14(12)10-5-7-16-8-10/h9-11,13H,1-8H2. The molecule has 1 amide bonds. The van der Waals surface area contributed by atoms with Crippen LogP contribution in [-0.2, 0) is 4.79 Å². The molecule has 2 saturated heterocycles. The molecule has 0 aromatic carbocycles. The summed E-state index contributed by atoms with van der Waals surface area (Å²) in [6.45, 7) is 0.993. The van der Waals surface area contributed by atoms with Gasteiger partial charge in [0.15, 0.2) is 0 Å². The summed E-state index contributed by atoms with van der Waals surface area (Å²) in [6, 6.07) is 1.31. The van der Waals surface area contributed by atoms with Crippen LogP contribution in [0.3, 0.4) is 0 Å². The van der Waals surface area contributed by atoms with E-state index in [1.54, 1.807) is 0 Å². The lowest BCUT2D eigenvalue weighted by Crippen LogP contribution is -2.54. The van der Waals surface area contributed by atoms with E-state index in [1.165, 1.54) is 31.4 Å². The zero-order chi connectivity index (χ0) is 11.0. The average molecular weight is 240 g/mol. The second-order valence-corrected chi connectivity index (χ2v) is 6.33. The number of carbonyl (C=O) groups excluding carboxylic acids is 1. The minimum atomic E-state index is 0.131. The minimum absolute atomic E-state index is 0.131. The Morgan fingerprint density at radius 1 is 1.25 bits per heavy atom. The Hall–Kier alpha value is -0.220. The first kappa shape index (κ1) is 10.9. The van der Waals surface area contributed by atoms with Gasteiger partial charge >= 0.3 is 0 Å². The van der Waals surface area contributed by atoms with Crippen LogP contribution in [0.5, 0.6) is 0 Å². The van der Waals surface area contributed by atoms with Crippen LogP contribution in [0.1, 0.15) is 32.1 Å². The molecule has 2 unspecified atom stereocenters. The van der Waals surface area contributed by atoms with Gasteiger partial charge in [0, 0.05) is 24.4 Å². The zero-order valence-electron chi connectivity index (χ0n) is 9.65. The van der Waals surface area contributed by atoms with Gasteiger partial charge in [0.05, 0.1) is 6.04 Å². The highest BCUT2D eigenvalue weighted by atomic mass is 32.2. The van der Waals surface area contributed by atoms with Gasteiger partial charge in [0.2, 0.25) is 5.91 Å². The number of thioether (sulfide) groups is 1. The van der Waals surface area contributed by atoms with Crippen molar-refractivity contribution in [2.75, 3.05) is 18.1 Å². The molecule has 16 heavy (non-hydrogen) atoms. The van der Waals surface area contributed by atoms with E-state index in [1.807, 2.05) is 11.8 Å². The maximum Gasteiger partial charge on any atom is 0.239 e. The molecule has 2 aliphatic heterocycles. The smallest absolute Gasteiger partial charge is 0.239 e. The lowest BCUT2D eigenvalue weighted by molar-refractivity contribution is -0.138. The summed E-state index contributed by atoms with van der Waals surface area (Å²) >= 11 is 1.99. The monoisotopic (exact) mass is 240 g/mol. The Morgan fingerprint density at radius 3 is 2.81 bits per heavy atom. The molecule has 2 atom stereocenters. The van der Waals surface area contributed by atoms with Gasteiger partial charge in [0.1, 0.15) is 0 Å². The lowest BCUT2D eigenvalue weighted by Gasteiger charge is -2.36. The maximum absolute atomic E-state index is 12.3. The van der Waals surface area contributed by atoms with Gasteiger partial charge in [-0.2, -0.15) is 11.8 Å². The molecule has 3 nitrogen and oxygen atoms in total. The Kier molecular flexibility index (Phi) is 3.11. The predicted molar refractivity (Wildman–Crippen MR) is 66.6 cm³/mol. The number of amides is 1. The summed E-state index contributed by atoms with van der Waals surface area (Å²) in [5.41, 5.74) is 0. The highest BCUT2D eigenvalue weighted by Gasteiger charge is 2.36. The van der Waals surface area contributed by atoms with Crippen LogP contribution in [-0.4, -0.2) is 47.0 Å². The second-order valence-electron chi connectivity index (χ2n) is 5.18. The van der Waals surface area contributed by atoms with Gasteiger partial charge in [-0.1, -0.05) is 0 Å². The lowest BCUT2D eigenvalue weighted by atomic mass is 10.0. The molecule has 3 aliphatic rings. The van der Waals surface area contributed by atoms with Crippen molar-refractivity contribution in [2.45, 2.75) is 50.2 Å². The Labute approximate surface area is 101 Å². The molecule has 0 bridgehead atoms. The predicted octanol–water partition coefficient (Wildman–Crippen LogP) is 1.23. The van der Waals surface area contributed by atoms with Gasteiger partial charge in [-0.05, 0) is 37.9 Å². The molecule has 90 valence electrons. The summed E-state index contributed by atoms with van der Waals surface area (Å²) in [4.78, 5) is 14.5. The molecule has 0 spiro atoms. The molecule has 0 radical (unpaired) electrons. The van der Waals surface area contributed by atoms with E-state index in [0.29, 0.717) is 18.0 Å². The Morgan fingerprint density at radius 2 is 2.12 bits per heavy atom. The van der Waals surface area contributed by atoms with Crippen LogP contribution in [0.4, 0.5) is 0 Å². The van der Waals surface area contributed by atoms with E-state index in [0.717, 1.165) is 18.7 Å². The number of carbonyl (C=O) groups is 1. The quantitative estimate of drug-likeness (QED) is 0.805. The number of hydrogen-bond acceptors (Lipinski definition) is 3. The summed E-state index contributed by atoms with van der Waals surface area (Å²) in [7, 11) is 0. The SMILES string of the molecule is O=C1C(NC2CC2)CCCN1C1CCSC1. The molecule has 1 N–H and O–H groups in total. The van der Waals surface area contributed by atoms with E-state index in [2.05, 4.69) is 10.2 Å². The van der Waals surface area contributed by atoms with Crippen LogP contribution < -0.4 is 5.32 Å². The first-order valence-corrected chi connectivity index (χ1v) is 7.64. The van der Waals surface area contributed by atoms with Crippen molar-refractivity contribution in [3.63, 3.8) is 0 Å². The van der Waals surface area contributed by atoms with Gasteiger partial charge in [-0.25, -0.2) is 0 Å². The third kappa shape index (κ3) is 2.23. The van der Waals surface area contributed by atoms with Crippen LogP contribution in [0.15, 0.2) is 0 Å². The number of piperidine rings is 1. The van der Waals surface area contributed by atoms with Crippen LogP contribution in [0.2, 0.25) is 0 Å². The van der Waals surface area contributed by atoms with E-state index in [-0.39, 0.29) is 6.04 Å². The molecule has 3 fully saturated rings. The van der Waals surface area contributed by atoms with Crippen molar-refractivity contribution < 1.29 is 4.79 Å². The molecule has 1 saturated carbocycles. The van der Waals surface area contributed by atoms with Crippen LogP contribution in [0.25, 0.3) is 0 Å². The van der Waals surface area contributed by atoms with Crippen LogP contribution >= 0.6 is 11.8 Å². The fourth-order valence-electron chi connectivity index (χ4n) is 2.72. The van der Waals surface area contributed by atoms with Gasteiger partial charge in [-0.15, -0.1) is 0 Å². The van der Waals surface area contributed by atoms with Crippen molar-refractivity contribution in [3.8, 4) is 0 Å². The summed E-state index contributed by atoms with van der Waals surface area (Å²) in [5, 5.41) is 3.50. The molecule has 0 aromatic heterocycles. The van der Waals surface area contributed by atoms with Gasteiger partial charge in [-0.3, -0.25) is 4.79 Å². The van der Waals surface area contributed by atoms with Gasteiger partial charge < -0.3 is 10.2 Å². The van der Waals surface area contributed by atoms with Crippen LogP contribution in [0, 0.1) is 0 Å². The van der Waals surface area contributed by atoms with Crippen molar-refractivity contribution >= 4 is 17.7 Å². The second kappa shape index (κ2) is 4.57. The Balaban J connectivity index is 1.62. The van der Waals surface area contributed by atoms with E-state index in [9.17, 15) is 4.79 Å². The average Bonchev–Trinajstić information content (AvgIpc) is 2.94. The normalized spacial score (nSPS) is 35.8. The molecule has 4 heteroatoms. The minimum Gasteiger partial charge on any atom is -0.338 e. The summed E-state index contributed by atoms with van der Waals surface area (Å²) in [5.74, 6) is 2.77. The van der Waals surface area contributed by atoms with Crippen molar-refractivity contribution in [1.29, 1.82) is 0 Å². The molecule has 3 rings (SSSR count). The summed E-state index contributed by atoms with van der Waals surface area (Å²) in [6.07, 6.45) is 5.96. The number of nitrogens with zero attached hydrogens (tertiary/aromatic N) is 1. The Bertz CT molecular complexity index is 274. The topological polar surface area (TPSA) is 32.3 Å². The number of hydrogen-bond donors (Lipinski definition) is 1. The first-order chi connectivity index (χ1) is 7.84. The highest BCUT2D eigenvalue weighted by molar-refractivity contribution is 7.99. The fraction of sp³-hybridized carbons (Fsp3) is 0.917. The first-order valence-electron chi connectivity index (χ1n) is 6.49. The highest BCUT2D eigenvalue weighted by Crippen LogP contribution is 2.27. The van der Waals surface area contributed by atoms with Gasteiger partial charge in [0.25, 0.3) is 0 Å². The molecule has 2 heterocycles. The largest absolute Gasteiger partial charge is 0.338 e. The fourth-order valence-corrected chi connectivity index (χ4v) is 3.94. The van der Waals surface area contributed by atoms with E-state index in [4.69, 9.17) is 0 Å². The molecular weight excluding hydrogens is 220 g/mol. The molecule has 0 aromatic rings.